The summed E-state index contributed by atoms with van der Waals surface area (Å²) < 4.78 is 51.2. The van der Waals surface area contributed by atoms with Gasteiger partial charge < -0.3 is 14.4 Å². The monoisotopic (exact) mass is 469 g/mol. The van der Waals surface area contributed by atoms with E-state index in [0.29, 0.717) is 30.5 Å². The predicted octanol–water partition coefficient (Wildman–Crippen LogP) is 4.71. The van der Waals surface area contributed by atoms with Gasteiger partial charge in [-0.25, -0.2) is 4.79 Å². The molecule has 1 aromatic heterocycles. The quantitative estimate of drug-likeness (QED) is 0.607. The molecule has 0 saturated heterocycles. The fourth-order valence-corrected chi connectivity index (χ4v) is 3.32. The second kappa shape index (κ2) is 10.8. The first-order valence-corrected chi connectivity index (χ1v) is 10.6. The third-order valence-corrected chi connectivity index (χ3v) is 4.86. The lowest BCUT2D eigenvalue weighted by molar-refractivity contribution is -0.138. The highest BCUT2D eigenvalue weighted by molar-refractivity contribution is 5.76. The standard InChI is InChI=1S/C20H22F3N3O3.C3H8O/c1-19(2,3)29-18(28)25-9-8-17-14(11-25)16(12-27)24-26(17)10-13-6-4-5-7-15(13)20(21,22)23;1-3-4-2/h4-7,12H,8-11H2,1-3H3;3H2,1-2H3. The van der Waals surface area contributed by atoms with Gasteiger partial charge in [0.15, 0.2) is 6.29 Å². The Morgan fingerprint density at radius 2 is 1.85 bits per heavy atom. The molecule has 1 aliphatic heterocycles. The summed E-state index contributed by atoms with van der Waals surface area (Å²) in [5.74, 6) is 0. The number of hydrogen-bond acceptors (Lipinski definition) is 5. The number of nitrogens with zero attached hydrogens (tertiary/aromatic N) is 3. The summed E-state index contributed by atoms with van der Waals surface area (Å²) in [5, 5.41) is 4.20. The Hall–Kier alpha value is -2.88. The van der Waals surface area contributed by atoms with Crippen LogP contribution in [0.25, 0.3) is 0 Å². The number of aldehydes is 1. The number of aromatic nitrogens is 2. The maximum atomic E-state index is 13.3. The molecule has 7 nitrogen and oxygen atoms in total. The normalized spacial score (nSPS) is 13.6. The molecule has 3 rings (SSSR count). The highest BCUT2D eigenvalue weighted by atomic mass is 19.4. The van der Waals surface area contributed by atoms with Gasteiger partial charge in [-0.2, -0.15) is 18.3 Å². The first-order valence-electron chi connectivity index (χ1n) is 10.6. The average Bonchev–Trinajstić information content (AvgIpc) is 3.09. The van der Waals surface area contributed by atoms with Crippen molar-refractivity contribution in [3.8, 4) is 0 Å². The zero-order valence-electron chi connectivity index (χ0n) is 19.5. The molecule has 0 saturated carbocycles. The van der Waals surface area contributed by atoms with Crippen molar-refractivity contribution in [2.45, 2.75) is 59.0 Å². The van der Waals surface area contributed by atoms with Gasteiger partial charge in [-0.3, -0.25) is 9.48 Å². The van der Waals surface area contributed by atoms with Crippen molar-refractivity contribution in [2.24, 2.45) is 0 Å². The lowest BCUT2D eigenvalue weighted by Crippen LogP contribution is -2.40. The van der Waals surface area contributed by atoms with Gasteiger partial charge in [-0.15, -0.1) is 0 Å². The van der Waals surface area contributed by atoms with Crippen LogP contribution in [0.15, 0.2) is 24.3 Å². The van der Waals surface area contributed by atoms with Crippen molar-refractivity contribution in [1.29, 1.82) is 0 Å². The maximum Gasteiger partial charge on any atom is 0.416 e. The van der Waals surface area contributed by atoms with Gasteiger partial charge in [0.25, 0.3) is 0 Å². The van der Waals surface area contributed by atoms with Crippen molar-refractivity contribution in [2.75, 3.05) is 20.3 Å². The first-order chi connectivity index (χ1) is 15.4. The molecule has 10 heteroatoms. The van der Waals surface area contributed by atoms with E-state index in [-0.39, 0.29) is 24.3 Å². The van der Waals surface area contributed by atoms with Crippen molar-refractivity contribution in [3.05, 3.63) is 52.3 Å². The van der Waals surface area contributed by atoms with E-state index in [2.05, 4.69) is 9.84 Å². The molecule has 0 unspecified atom stereocenters. The lowest BCUT2D eigenvalue weighted by atomic mass is 10.0. The van der Waals surface area contributed by atoms with E-state index < -0.39 is 23.4 Å². The molecule has 1 aromatic carbocycles. The second-order valence-electron chi connectivity index (χ2n) is 8.47. The van der Waals surface area contributed by atoms with Crippen molar-refractivity contribution >= 4 is 12.4 Å². The van der Waals surface area contributed by atoms with Crippen LogP contribution < -0.4 is 0 Å². The number of alkyl halides is 3. The summed E-state index contributed by atoms with van der Waals surface area (Å²) in [6.07, 6.45) is -4.06. The Morgan fingerprint density at radius 1 is 1.21 bits per heavy atom. The number of rotatable bonds is 4. The van der Waals surface area contributed by atoms with Crippen LogP contribution in [-0.4, -0.2) is 52.9 Å². The molecule has 0 atom stereocenters. The summed E-state index contributed by atoms with van der Waals surface area (Å²) in [6.45, 7) is 8.39. The Kier molecular flexibility index (Phi) is 8.65. The van der Waals surface area contributed by atoms with E-state index in [1.54, 1.807) is 27.9 Å². The SMILES string of the molecule is CC(C)(C)OC(=O)N1CCc2c(c(C=O)nn2Cc2ccccc2C(F)(F)F)C1.CCOC. The minimum absolute atomic E-state index is 0.0670. The first kappa shape index (κ1) is 26.4. The van der Waals surface area contributed by atoms with Crippen molar-refractivity contribution < 1.29 is 32.2 Å². The van der Waals surface area contributed by atoms with E-state index in [1.807, 2.05) is 6.92 Å². The third-order valence-electron chi connectivity index (χ3n) is 4.86. The Labute approximate surface area is 191 Å². The number of methoxy groups -OCH3 is 1. The van der Waals surface area contributed by atoms with Crippen LogP contribution in [0.3, 0.4) is 0 Å². The molecule has 1 amide bonds. The maximum absolute atomic E-state index is 13.3. The zero-order chi connectivity index (χ0) is 24.8. The number of ether oxygens (including phenoxy) is 2. The van der Waals surface area contributed by atoms with Crippen molar-refractivity contribution in [1.82, 2.24) is 14.7 Å². The summed E-state index contributed by atoms with van der Waals surface area (Å²) in [5.41, 5.74) is -0.000256. The predicted molar refractivity (Wildman–Crippen MR) is 116 cm³/mol. The largest absolute Gasteiger partial charge is 0.444 e. The van der Waals surface area contributed by atoms with Crippen LogP contribution in [0.2, 0.25) is 0 Å². The Morgan fingerprint density at radius 3 is 2.39 bits per heavy atom. The highest BCUT2D eigenvalue weighted by Crippen LogP contribution is 2.33. The molecule has 1 aliphatic rings. The fourth-order valence-electron chi connectivity index (χ4n) is 3.32. The lowest BCUT2D eigenvalue weighted by Gasteiger charge is -2.30. The van der Waals surface area contributed by atoms with Crippen LogP contribution in [0.5, 0.6) is 0 Å². The van der Waals surface area contributed by atoms with Crippen LogP contribution in [0.4, 0.5) is 18.0 Å². The zero-order valence-corrected chi connectivity index (χ0v) is 19.5. The van der Waals surface area contributed by atoms with Crippen LogP contribution in [0.1, 0.15) is 60.6 Å². The smallest absolute Gasteiger partial charge is 0.416 e. The van der Waals surface area contributed by atoms with Crippen LogP contribution in [-0.2, 0) is 35.2 Å². The Bertz CT molecular complexity index is 963. The number of hydrogen-bond donors (Lipinski definition) is 0. The molecule has 0 N–H and O–H groups in total. The molecule has 182 valence electrons. The van der Waals surface area contributed by atoms with Crippen LogP contribution >= 0.6 is 0 Å². The summed E-state index contributed by atoms with van der Waals surface area (Å²) in [4.78, 5) is 25.3. The van der Waals surface area contributed by atoms with E-state index in [1.165, 1.54) is 27.8 Å². The van der Waals surface area contributed by atoms with Gasteiger partial charge in [0, 0.05) is 37.9 Å². The minimum atomic E-state index is -4.48. The molecule has 0 spiro atoms. The summed E-state index contributed by atoms with van der Waals surface area (Å²) >= 11 is 0. The van der Waals surface area contributed by atoms with E-state index in [9.17, 15) is 22.8 Å². The van der Waals surface area contributed by atoms with Gasteiger partial charge in [0.2, 0.25) is 0 Å². The molecule has 33 heavy (non-hydrogen) atoms. The van der Waals surface area contributed by atoms with Gasteiger partial charge in [-0.1, -0.05) is 18.2 Å². The summed E-state index contributed by atoms with van der Waals surface area (Å²) in [6, 6.07) is 5.29. The van der Waals surface area contributed by atoms with E-state index in [0.717, 1.165) is 12.7 Å². The molecular formula is C23H30F3N3O4. The van der Waals surface area contributed by atoms with Crippen molar-refractivity contribution in [3.63, 3.8) is 0 Å². The number of amides is 1. The molecule has 2 heterocycles. The highest BCUT2D eigenvalue weighted by Gasteiger charge is 2.34. The minimum Gasteiger partial charge on any atom is -0.444 e. The number of carbonyl (C=O) groups excluding carboxylic acids is 2. The third kappa shape index (κ3) is 7.05. The Balaban J connectivity index is 0.000000890. The number of halogens is 3. The van der Waals surface area contributed by atoms with Gasteiger partial charge in [-0.05, 0) is 39.3 Å². The molecule has 0 aliphatic carbocycles. The molecular weight excluding hydrogens is 439 g/mol. The molecule has 0 bridgehead atoms. The van der Waals surface area contributed by atoms with E-state index >= 15 is 0 Å². The molecule has 2 aromatic rings. The van der Waals surface area contributed by atoms with E-state index in [4.69, 9.17) is 4.74 Å². The second-order valence-corrected chi connectivity index (χ2v) is 8.47. The number of fused-ring (bicyclic) bond motifs is 1. The fraction of sp³-hybridized carbons (Fsp3) is 0.522. The van der Waals surface area contributed by atoms with Gasteiger partial charge in [0.05, 0.1) is 18.7 Å². The van der Waals surface area contributed by atoms with Gasteiger partial charge >= 0.3 is 12.3 Å². The van der Waals surface area contributed by atoms with Crippen LogP contribution in [0, 0.1) is 0 Å². The van der Waals surface area contributed by atoms with Gasteiger partial charge in [0.1, 0.15) is 11.3 Å². The molecule has 0 radical (unpaired) electrons. The molecule has 0 fully saturated rings. The average molecular weight is 470 g/mol. The number of benzene rings is 1. The summed E-state index contributed by atoms with van der Waals surface area (Å²) in [7, 11) is 1.68. The number of carbonyl (C=O) groups is 2. The topological polar surface area (TPSA) is 73.7 Å².